The van der Waals surface area contributed by atoms with Gasteiger partial charge in [-0.25, -0.2) is 0 Å². The highest BCUT2D eigenvalue weighted by Gasteiger charge is 2.22. The highest BCUT2D eigenvalue weighted by molar-refractivity contribution is 5.98. The summed E-state index contributed by atoms with van der Waals surface area (Å²) in [5.41, 5.74) is 6.38. The molecule has 0 radical (unpaired) electrons. The van der Waals surface area contributed by atoms with Gasteiger partial charge >= 0.3 is 0 Å². The minimum absolute atomic E-state index is 0.0491. The molecule has 0 aromatic heterocycles. The van der Waals surface area contributed by atoms with Gasteiger partial charge in [0.1, 0.15) is 0 Å². The number of rotatable bonds is 4. The average Bonchev–Trinajstić information content (AvgIpc) is 2.56. The topological polar surface area (TPSA) is 55.1 Å². The fraction of sp³-hybridized carbons (Fsp3) is 0.421. The van der Waals surface area contributed by atoms with Crippen molar-refractivity contribution in [2.75, 3.05) is 6.54 Å². The lowest BCUT2D eigenvalue weighted by molar-refractivity contribution is 0.0921. The number of nitrogens with two attached hydrogens (primary N) is 1. The Morgan fingerprint density at radius 3 is 2.50 bits per heavy atom. The first-order chi connectivity index (χ1) is 10.8. The third-order valence-electron chi connectivity index (χ3n) is 4.77. The first-order valence-corrected chi connectivity index (χ1v) is 8.26. The maximum atomic E-state index is 12.4. The minimum atomic E-state index is 0.0491. The summed E-state index contributed by atoms with van der Waals surface area (Å²) in [5, 5.41) is 5.47. The molecule has 2 aromatic rings. The Bertz CT molecular complexity index is 645. The van der Waals surface area contributed by atoms with Crippen LogP contribution in [0.25, 0.3) is 10.8 Å². The van der Waals surface area contributed by atoms with Crippen LogP contribution >= 0.6 is 0 Å². The van der Waals surface area contributed by atoms with Crippen LogP contribution in [-0.2, 0) is 0 Å². The molecule has 116 valence electrons. The summed E-state index contributed by atoms with van der Waals surface area (Å²) in [6.45, 7) is 0.777. The molecule has 1 aliphatic rings. The molecule has 1 amide bonds. The number of fused-ring (bicyclic) bond motifs is 1. The number of hydrogen-bond donors (Lipinski definition) is 2. The number of carbonyl (C=O) groups is 1. The van der Waals surface area contributed by atoms with Gasteiger partial charge in [0.2, 0.25) is 0 Å². The summed E-state index contributed by atoms with van der Waals surface area (Å²) in [6, 6.07) is 14.3. The van der Waals surface area contributed by atoms with E-state index >= 15 is 0 Å². The van der Waals surface area contributed by atoms with E-state index in [2.05, 4.69) is 11.4 Å². The van der Waals surface area contributed by atoms with E-state index in [0.717, 1.165) is 42.7 Å². The number of carbonyl (C=O) groups excluding carboxylic acids is 1. The maximum Gasteiger partial charge on any atom is 0.251 e. The second-order valence-electron chi connectivity index (χ2n) is 6.33. The van der Waals surface area contributed by atoms with Crippen molar-refractivity contribution in [2.45, 2.75) is 38.1 Å². The zero-order valence-electron chi connectivity index (χ0n) is 12.9. The molecule has 3 rings (SSSR count). The summed E-state index contributed by atoms with van der Waals surface area (Å²) < 4.78 is 0. The van der Waals surface area contributed by atoms with Crippen LogP contribution in [0, 0.1) is 5.92 Å². The van der Waals surface area contributed by atoms with Crippen LogP contribution in [0.5, 0.6) is 0 Å². The zero-order valence-corrected chi connectivity index (χ0v) is 12.9. The van der Waals surface area contributed by atoms with Crippen molar-refractivity contribution in [3.05, 3.63) is 48.0 Å². The quantitative estimate of drug-likeness (QED) is 0.907. The van der Waals surface area contributed by atoms with E-state index in [1.165, 1.54) is 18.2 Å². The Kier molecular flexibility index (Phi) is 4.74. The van der Waals surface area contributed by atoms with Crippen molar-refractivity contribution in [1.82, 2.24) is 5.32 Å². The zero-order chi connectivity index (χ0) is 15.4. The Morgan fingerprint density at radius 2 is 1.77 bits per heavy atom. The van der Waals surface area contributed by atoms with Gasteiger partial charge in [0.05, 0.1) is 0 Å². The largest absolute Gasteiger partial charge is 0.349 e. The predicted octanol–water partition coefficient (Wildman–Crippen LogP) is 3.48. The molecule has 3 heteroatoms. The van der Waals surface area contributed by atoms with Crippen LogP contribution in [-0.4, -0.2) is 18.5 Å². The Labute approximate surface area is 131 Å². The van der Waals surface area contributed by atoms with Crippen molar-refractivity contribution in [3.8, 4) is 0 Å². The van der Waals surface area contributed by atoms with Crippen LogP contribution in [0.4, 0.5) is 0 Å². The predicted molar refractivity (Wildman–Crippen MR) is 90.8 cm³/mol. The highest BCUT2D eigenvalue weighted by atomic mass is 16.1. The molecule has 22 heavy (non-hydrogen) atoms. The van der Waals surface area contributed by atoms with E-state index in [1.54, 1.807) is 0 Å². The Hall–Kier alpha value is -1.87. The van der Waals surface area contributed by atoms with E-state index in [1.807, 2.05) is 36.4 Å². The smallest absolute Gasteiger partial charge is 0.251 e. The lowest BCUT2D eigenvalue weighted by Crippen LogP contribution is -2.37. The third kappa shape index (κ3) is 3.47. The summed E-state index contributed by atoms with van der Waals surface area (Å²) in [6.07, 6.45) is 5.62. The molecule has 1 aliphatic carbocycles. The molecule has 1 fully saturated rings. The molecule has 0 aliphatic heterocycles. The van der Waals surface area contributed by atoms with Crippen LogP contribution in [0.15, 0.2) is 42.5 Å². The fourth-order valence-electron chi connectivity index (χ4n) is 3.43. The molecule has 0 bridgehead atoms. The van der Waals surface area contributed by atoms with Gasteiger partial charge in [0.15, 0.2) is 0 Å². The van der Waals surface area contributed by atoms with Crippen molar-refractivity contribution >= 4 is 16.7 Å². The monoisotopic (exact) mass is 296 g/mol. The van der Waals surface area contributed by atoms with Gasteiger partial charge in [-0.3, -0.25) is 4.79 Å². The van der Waals surface area contributed by atoms with Crippen LogP contribution < -0.4 is 11.1 Å². The second kappa shape index (κ2) is 6.93. The molecule has 0 heterocycles. The molecule has 1 saturated carbocycles. The third-order valence-corrected chi connectivity index (χ3v) is 4.77. The second-order valence-corrected chi connectivity index (χ2v) is 6.33. The number of nitrogens with one attached hydrogen (secondary N) is 1. The Morgan fingerprint density at radius 1 is 1.05 bits per heavy atom. The molecular weight excluding hydrogens is 272 g/mol. The first kappa shape index (κ1) is 15.0. The van der Waals surface area contributed by atoms with Gasteiger partial charge in [-0.05, 0) is 67.5 Å². The van der Waals surface area contributed by atoms with Gasteiger partial charge in [-0.1, -0.05) is 30.3 Å². The molecule has 0 unspecified atom stereocenters. The van der Waals surface area contributed by atoms with Crippen molar-refractivity contribution in [3.63, 3.8) is 0 Å². The van der Waals surface area contributed by atoms with E-state index in [4.69, 9.17) is 5.73 Å². The van der Waals surface area contributed by atoms with Crippen LogP contribution in [0.2, 0.25) is 0 Å². The van der Waals surface area contributed by atoms with Crippen molar-refractivity contribution in [1.29, 1.82) is 0 Å². The molecule has 0 atom stereocenters. The summed E-state index contributed by atoms with van der Waals surface area (Å²) in [5.74, 6) is 0.798. The number of amides is 1. The fourth-order valence-corrected chi connectivity index (χ4v) is 3.43. The lowest BCUT2D eigenvalue weighted by Gasteiger charge is -2.28. The van der Waals surface area contributed by atoms with E-state index in [0.29, 0.717) is 6.04 Å². The van der Waals surface area contributed by atoms with E-state index in [-0.39, 0.29) is 5.91 Å². The minimum Gasteiger partial charge on any atom is -0.349 e. The van der Waals surface area contributed by atoms with Crippen LogP contribution in [0.1, 0.15) is 42.5 Å². The summed E-state index contributed by atoms with van der Waals surface area (Å²) in [7, 11) is 0. The normalized spacial score (nSPS) is 21.7. The number of hydrogen-bond acceptors (Lipinski definition) is 2. The van der Waals surface area contributed by atoms with Gasteiger partial charge in [-0.15, -0.1) is 0 Å². The Balaban J connectivity index is 1.61. The molecular formula is C19H24N2O. The molecule has 0 spiro atoms. The molecule has 0 saturated heterocycles. The molecule has 3 nitrogen and oxygen atoms in total. The van der Waals surface area contributed by atoms with Gasteiger partial charge < -0.3 is 11.1 Å². The van der Waals surface area contributed by atoms with Gasteiger partial charge in [0, 0.05) is 11.6 Å². The average molecular weight is 296 g/mol. The first-order valence-electron chi connectivity index (χ1n) is 8.26. The van der Waals surface area contributed by atoms with E-state index in [9.17, 15) is 4.79 Å². The summed E-state index contributed by atoms with van der Waals surface area (Å²) in [4.78, 5) is 12.4. The lowest BCUT2D eigenvalue weighted by atomic mass is 9.84. The van der Waals surface area contributed by atoms with Gasteiger partial charge in [0.25, 0.3) is 5.91 Å². The molecule has 2 aromatic carbocycles. The van der Waals surface area contributed by atoms with E-state index < -0.39 is 0 Å². The highest BCUT2D eigenvalue weighted by Crippen LogP contribution is 2.26. The maximum absolute atomic E-state index is 12.4. The van der Waals surface area contributed by atoms with Crippen molar-refractivity contribution < 1.29 is 4.79 Å². The van der Waals surface area contributed by atoms with Crippen molar-refractivity contribution in [2.24, 2.45) is 11.7 Å². The number of benzene rings is 2. The van der Waals surface area contributed by atoms with Gasteiger partial charge in [-0.2, -0.15) is 0 Å². The SMILES string of the molecule is NCCC1CCC(NC(=O)c2ccc3ccccc3c2)CC1. The standard InChI is InChI=1S/C19H24N2O/c20-12-11-14-5-9-18(10-6-14)21-19(22)17-8-7-15-3-1-2-4-16(15)13-17/h1-4,7-8,13-14,18H,5-6,9-12,20H2,(H,21,22). The molecule has 3 N–H and O–H groups in total. The van der Waals surface area contributed by atoms with Crippen LogP contribution in [0.3, 0.4) is 0 Å². The summed E-state index contributed by atoms with van der Waals surface area (Å²) >= 11 is 0.